The third-order valence-corrected chi connectivity index (χ3v) is 6.48. The van der Waals surface area contributed by atoms with E-state index >= 15 is 0 Å². The Hall–Kier alpha value is -3.30. The highest BCUT2D eigenvalue weighted by molar-refractivity contribution is 5.90. The zero-order valence-electron chi connectivity index (χ0n) is 18.5. The number of alkyl carbamates (subject to hydrolysis) is 1. The molecule has 3 aliphatic carbocycles. The third-order valence-electron chi connectivity index (χ3n) is 6.48. The van der Waals surface area contributed by atoms with Crippen LogP contribution >= 0.6 is 0 Å². The lowest BCUT2D eigenvalue weighted by Gasteiger charge is -2.63. The fourth-order valence-corrected chi connectivity index (χ4v) is 4.70. The summed E-state index contributed by atoms with van der Waals surface area (Å²) < 4.78 is 5.13. The molecule has 0 aromatic heterocycles. The zero-order chi connectivity index (χ0) is 23.8. The molecular weight excluding hydrogens is 428 g/mol. The number of primary amides is 1. The molecule has 1 aromatic carbocycles. The number of carboxylic acid groups (broad SMARTS) is 1. The average Bonchev–Trinajstić information content (AvgIpc) is 2.72. The van der Waals surface area contributed by atoms with E-state index in [4.69, 9.17) is 15.6 Å². The average molecular weight is 461 g/mol. The SMILES string of the molecule is NC(=O)[C@H](CCCCNC(=O)OCc1ccccc1)NC(=O)[C@H](CC12CC(C1)C2)NC(=O)O. The van der Waals surface area contributed by atoms with Crippen molar-refractivity contribution in [2.24, 2.45) is 17.1 Å². The smallest absolute Gasteiger partial charge is 0.407 e. The molecule has 2 bridgehead atoms. The standard InChI is InChI=1S/C23H32N4O6/c24-19(28)17(8-4-5-9-25-22(32)33-14-15-6-2-1-3-7-15)26-20(29)18(27-21(30)31)13-23-10-16(11-23)12-23/h1-3,6-7,16-18,27H,4-5,8-14H2,(H2,24,28)(H,25,32)(H,26,29)(H,30,31)/t16?,17-,18-,23?/m0/s1. The number of unbranched alkanes of at least 4 members (excludes halogenated alkanes) is 1. The van der Waals surface area contributed by atoms with Crippen LogP contribution in [0.3, 0.4) is 0 Å². The van der Waals surface area contributed by atoms with Gasteiger partial charge in [-0.2, -0.15) is 0 Å². The number of amides is 4. The van der Waals surface area contributed by atoms with Gasteiger partial charge in [-0.25, -0.2) is 9.59 Å². The maximum absolute atomic E-state index is 12.7. The molecule has 10 heteroatoms. The summed E-state index contributed by atoms with van der Waals surface area (Å²) in [5, 5.41) is 16.6. The highest BCUT2D eigenvalue weighted by Gasteiger charge is 2.57. The predicted molar refractivity (Wildman–Crippen MR) is 119 cm³/mol. The van der Waals surface area contributed by atoms with E-state index in [1.807, 2.05) is 30.3 Å². The van der Waals surface area contributed by atoms with Crippen LogP contribution in [0.2, 0.25) is 0 Å². The van der Waals surface area contributed by atoms with Gasteiger partial charge in [0.2, 0.25) is 11.8 Å². The Bertz CT molecular complexity index is 845. The number of carbonyl (C=O) groups excluding carboxylic acids is 3. The van der Waals surface area contributed by atoms with Crippen molar-refractivity contribution in [2.45, 2.75) is 63.6 Å². The Morgan fingerprint density at radius 3 is 2.33 bits per heavy atom. The Balaban J connectivity index is 1.36. The van der Waals surface area contributed by atoms with E-state index < -0.39 is 36.1 Å². The number of nitrogens with one attached hydrogen (secondary N) is 3. The van der Waals surface area contributed by atoms with Crippen LogP contribution in [0.1, 0.15) is 50.5 Å². The second-order valence-corrected chi connectivity index (χ2v) is 9.13. The number of ether oxygens (including phenoxy) is 1. The van der Waals surface area contributed by atoms with Crippen LogP contribution in [0.25, 0.3) is 0 Å². The van der Waals surface area contributed by atoms with Gasteiger partial charge in [0, 0.05) is 6.54 Å². The molecule has 0 heterocycles. The van der Waals surface area contributed by atoms with Crippen LogP contribution in [0.4, 0.5) is 9.59 Å². The number of nitrogens with two attached hydrogens (primary N) is 1. The molecule has 2 atom stereocenters. The molecule has 33 heavy (non-hydrogen) atoms. The van der Waals surface area contributed by atoms with Crippen LogP contribution < -0.4 is 21.7 Å². The maximum atomic E-state index is 12.7. The Morgan fingerprint density at radius 1 is 1.06 bits per heavy atom. The summed E-state index contributed by atoms with van der Waals surface area (Å²) >= 11 is 0. The fraction of sp³-hybridized carbons (Fsp3) is 0.565. The van der Waals surface area contributed by atoms with Gasteiger partial charge in [-0.05, 0) is 61.8 Å². The molecule has 180 valence electrons. The maximum Gasteiger partial charge on any atom is 0.407 e. The summed E-state index contributed by atoms with van der Waals surface area (Å²) in [6.07, 6.45) is 3.07. The summed E-state index contributed by atoms with van der Waals surface area (Å²) in [4.78, 5) is 47.4. The molecule has 3 fully saturated rings. The largest absolute Gasteiger partial charge is 0.465 e. The highest BCUT2D eigenvalue weighted by Crippen LogP contribution is 2.66. The van der Waals surface area contributed by atoms with E-state index in [-0.39, 0.29) is 18.4 Å². The fourth-order valence-electron chi connectivity index (χ4n) is 4.70. The van der Waals surface area contributed by atoms with Gasteiger partial charge in [0.05, 0.1) is 0 Å². The molecule has 0 aliphatic heterocycles. The highest BCUT2D eigenvalue weighted by atomic mass is 16.5. The number of rotatable bonds is 13. The molecule has 4 rings (SSSR count). The van der Waals surface area contributed by atoms with Crippen molar-refractivity contribution in [1.82, 2.24) is 16.0 Å². The zero-order valence-corrected chi connectivity index (χ0v) is 18.5. The van der Waals surface area contributed by atoms with Crippen molar-refractivity contribution >= 4 is 24.0 Å². The molecule has 4 amide bonds. The second-order valence-electron chi connectivity index (χ2n) is 9.13. The van der Waals surface area contributed by atoms with Gasteiger partial charge in [0.25, 0.3) is 0 Å². The molecular formula is C23H32N4O6. The molecule has 3 saturated carbocycles. The summed E-state index contributed by atoms with van der Waals surface area (Å²) in [7, 11) is 0. The number of carbonyl (C=O) groups is 4. The normalized spacial score (nSPS) is 22.0. The van der Waals surface area contributed by atoms with Gasteiger partial charge in [-0.1, -0.05) is 30.3 Å². The Labute approximate surface area is 192 Å². The topological polar surface area (TPSA) is 160 Å². The van der Waals surface area contributed by atoms with Crippen LogP contribution in [-0.2, 0) is 20.9 Å². The first kappa shape index (κ1) is 24.3. The summed E-state index contributed by atoms with van der Waals surface area (Å²) in [6, 6.07) is 7.50. The number of hydrogen-bond acceptors (Lipinski definition) is 5. The van der Waals surface area contributed by atoms with E-state index in [1.165, 1.54) is 0 Å². The first-order chi connectivity index (χ1) is 15.8. The van der Waals surface area contributed by atoms with E-state index in [1.54, 1.807) is 0 Å². The quantitative estimate of drug-likeness (QED) is 0.283. The molecule has 6 N–H and O–H groups in total. The van der Waals surface area contributed by atoms with Gasteiger partial charge < -0.3 is 31.5 Å². The van der Waals surface area contributed by atoms with Gasteiger partial charge in [-0.15, -0.1) is 0 Å². The van der Waals surface area contributed by atoms with Crippen molar-refractivity contribution in [1.29, 1.82) is 0 Å². The summed E-state index contributed by atoms with van der Waals surface area (Å²) in [6.45, 7) is 0.524. The summed E-state index contributed by atoms with van der Waals surface area (Å²) in [5.74, 6) is -0.507. The first-order valence-electron chi connectivity index (χ1n) is 11.3. The van der Waals surface area contributed by atoms with Gasteiger partial charge in [0.1, 0.15) is 18.7 Å². The van der Waals surface area contributed by atoms with Crippen molar-refractivity contribution in [3.63, 3.8) is 0 Å². The van der Waals surface area contributed by atoms with E-state index in [2.05, 4.69) is 16.0 Å². The predicted octanol–water partition coefficient (Wildman–Crippen LogP) is 1.88. The lowest BCUT2D eigenvalue weighted by molar-refractivity contribution is -0.138. The lowest BCUT2D eigenvalue weighted by atomic mass is 9.43. The molecule has 0 radical (unpaired) electrons. The first-order valence-corrected chi connectivity index (χ1v) is 11.3. The van der Waals surface area contributed by atoms with Crippen molar-refractivity contribution in [3.8, 4) is 0 Å². The minimum atomic E-state index is -1.28. The molecule has 3 aliphatic rings. The number of hydrogen-bond donors (Lipinski definition) is 5. The van der Waals surface area contributed by atoms with E-state index in [0.717, 1.165) is 24.8 Å². The van der Waals surface area contributed by atoms with Crippen molar-refractivity contribution in [2.75, 3.05) is 6.54 Å². The Kier molecular flexibility index (Phi) is 8.13. The lowest BCUT2D eigenvalue weighted by Crippen LogP contribution is -2.59. The van der Waals surface area contributed by atoms with Gasteiger partial charge >= 0.3 is 12.2 Å². The van der Waals surface area contributed by atoms with Crippen LogP contribution in [0.15, 0.2) is 30.3 Å². The van der Waals surface area contributed by atoms with Crippen LogP contribution in [-0.4, -0.2) is 47.7 Å². The third kappa shape index (κ3) is 7.10. The van der Waals surface area contributed by atoms with E-state index in [9.17, 15) is 19.2 Å². The van der Waals surface area contributed by atoms with Crippen molar-refractivity contribution in [3.05, 3.63) is 35.9 Å². The van der Waals surface area contributed by atoms with Gasteiger partial charge in [0.15, 0.2) is 0 Å². The molecule has 0 spiro atoms. The molecule has 1 aromatic rings. The minimum absolute atomic E-state index is 0.0537. The number of benzene rings is 1. The van der Waals surface area contributed by atoms with E-state index in [0.29, 0.717) is 31.7 Å². The Morgan fingerprint density at radius 2 is 1.76 bits per heavy atom. The summed E-state index contributed by atoms with van der Waals surface area (Å²) in [5.41, 5.74) is 6.38. The molecule has 0 unspecified atom stereocenters. The minimum Gasteiger partial charge on any atom is -0.465 e. The second kappa shape index (κ2) is 11.0. The van der Waals surface area contributed by atoms with Gasteiger partial charge in [-0.3, -0.25) is 9.59 Å². The van der Waals surface area contributed by atoms with Crippen molar-refractivity contribution < 1.29 is 29.0 Å². The molecule has 10 nitrogen and oxygen atoms in total. The van der Waals surface area contributed by atoms with Crippen LogP contribution in [0.5, 0.6) is 0 Å². The van der Waals surface area contributed by atoms with Crippen LogP contribution in [0, 0.1) is 11.3 Å². The monoisotopic (exact) mass is 460 g/mol. The molecule has 0 saturated heterocycles.